The number of para-hydroxylation sites is 1. The van der Waals surface area contributed by atoms with Crippen LogP contribution >= 0.6 is 11.6 Å². The summed E-state index contributed by atoms with van der Waals surface area (Å²) in [5, 5.41) is 0.508. The first-order chi connectivity index (χ1) is 12.5. The van der Waals surface area contributed by atoms with Crippen molar-refractivity contribution in [2.75, 3.05) is 6.54 Å². The van der Waals surface area contributed by atoms with Crippen LogP contribution in [0.15, 0.2) is 48.5 Å². The topological polar surface area (TPSA) is 63.7 Å². The summed E-state index contributed by atoms with van der Waals surface area (Å²) in [7, 11) is 0. The Hall–Kier alpha value is -2.66. The van der Waals surface area contributed by atoms with E-state index >= 15 is 0 Å². The quantitative estimate of drug-likeness (QED) is 0.593. The number of hydrogen-bond acceptors (Lipinski definition) is 4. The van der Waals surface area contributed by atoms with Gasteiger partial charge >= 0.3 is 0 Å². The van der Waals surface area contributed by atoms with E-state index in [0.29, 0.717) is 29.2 Å². The van der Waals surface area contributed by atoms with Gasteiger partial charge in [0.1, 0.15) is 5.75 Å². The monoisotopic (exact) mass is 371 g/mol. The van der Waals surface area contributed by atoms with Gasteiger partial charge in [-0.3, -0.25) is 19.3 Å². The maximum atomic E-state index is 12.9. The molecular formula is C20H18ClNO4. The zero-order valence-corrected chi connectivity index (χ0v) is 15.0. The average molecular weight is 372 g/mol. The van der Waals surface area contributed by atoms with Crippen molar-refractivity contribution in [3.63, 3.8) is 0 Å². The van der Waals surface area contributed by atoms with E-state index in [4.69, 9.17) is 16.3 Å². The van der Waals surface area contributed by atoms with E-state index in [0.717, 1.165) is 4.90 Å². The fourth-order valence-corrected chi connectivity index (χ4v) is 2.96. The molecule has 1 atom stereocenters. The fraction of sp³-hybridized carbons (Fsp3) is 0.250. The summed E-state index contributed by atoms with van der Waals surface area (Å²) in [5.41, 5.74) is 0.670. The normalized spacial score (nSPS) is 16.7. The molecule has 0 saturated carbocycles. The molecule has 1 aliphatic heterocycles. The molecule has 0 N–H and O–H groups in total. The molecular weight excluding hydrogens is 354 g/mol. The minimum Gasteiger partial charge on any atom is -0.480 e. The molecule has 0 aliphatic carbocycles. The Morgan fingerprint density at radius 3 is 2.50 bits per heavy atom. The molecule has 0 saturated heterocycles. The molecule has 5 nitrogen and oxygen atoms in total. The molecule has 1 aliphatic rings. The first-order valence-electron chi connectivity index (χ1n) is 8.41. The Kier molecular flexibility index (Phi) is 5.38. The van der Waals surface area contributed by atoms with Crippen LogP contribution in [0.3, 0.4) is 0 Å². The SMILES string of the molecule is CCCC1Oc2ccccc2C(=O)N(CC(=O)c2ccc(Cl)cc2)C1=O. The van der Waals surface area contributed by atoms with Gasteiger partial charge in [0, 0.05) is 10.6 Å². The third kappa shape index (κ3) is 3.63. The van der Waals surface area contributed by atoms with Crippen LogP contribution in [-0.4, -0.2) is 35.1 Å². The Morgan fingerprint density at radius 2 is 1.81 bits per heavy atom. The van der Waals surface area contributed by atoms with E-state index in [1.807, 2.05) is 6.92 Å². The standard InChI is InChI=1S/C20H18ClNO4/c1-2-5-18-20(25)22(12-16(23)13-8-10-14(21)11-9-13)19(24)15-6-3-4-7-17(15)26-18/h3-4,6-11,18H,2,5,12H2,1H3. The Bertz CT molecular complexity index is 847. The van der Waals surface area contributed by atoms with Gasteiger partial charge in [-0.15, -0.1) is 0 Å². The van der Waals surface area contributed by atoms with Crippen molar-refractivity contribution < 1.29 is 19.1 Å². The Labute approximate surface area is 156 Å². The summed E-state index contributed by atoms with van der Waals surface area (Å²) in [6.45, 7) is 1.59. The number of fused-ring (bicyclic) bond motifs is 1. The summed E-state index contributed by atoms with van der Waals surface area (Å²) in [6.07, 6.45) is 0.392. The summed E-state index contributed by atoms with van der Waals surface area (Å²) >= 11 is 5.84. The summed E-state index contributed by atoms with van der Waals surface area (Å²) in [5.74, 6) is -0.981. The van der Waals surface area contributed by atoms with E-state index < -0.39 is 17.9 Å². The van der Waals surface area contributed by atoms with E-state index in [-0.39, 0.29) is 17.9 Å². The van der Waals surface area contributed by atoms with Crippen LogP contribution in [0, 0.1) is 0 Å². The molecule has 6 heteroatoms. The van der Waals surface area contributed by atoms with Gasteiger partial charge < -0.3 is 4.74 Å². The number of ether oxygens (including phenoxy) is 1. The molecule has 0 spiro atoms. The largest absolute Gasteiger partial charge is 0.480 e. The maximum Gasteiger partial charge on any atom is 0.270 e. The first-order valence-corrected chi connectivity index (χ1v) is 8.79. The third-order valence-corrected chi connectivity index (χ3v) is 4.44. The van der Waals surface area contributed by atoms with Crippen molar-refractivity contribution in [3.8, 4) is 5.75 Å². The Morgan fingerprint density at radius 1 is 1.12 bits per heavy atom. The van der Waals surface area contributed by atoms with Crippen molar-refractivity contribution in [1.29, 1.82) is 0 Å². The maximum absolute atomic E-state index is 12.9. The highest BCUT2D eigenvalue weighted by atomic mass is 35.5. The predicted molar refractivity (Wildman–Crippen MR) is 97.6 cm³/mol. The smallest absolute Gasteiger partial charge is 0.270 e. The van der Waals surface area contributed by atoms with Crippen molar-refractivity contribution in [2.45, 2.75) is 25.9 Å². The molecule has 0 bridgehead atoms. The number of rotatable bonds is 5. The van der Waals surface area contributed by atoms with Gasteiger partial charge in [0.15, 0.2) is 11.9 Å². The lowest BCUT2D eigenvalue weighted by atomic mass is 10.1. The molecule has 26 heavy (non-hydrogen) atoms. The van der Waals surface area contributed by atoms with Gasteiger partial charge in [-0.2, -0.15) is 0 Å². The molecule has 0 radical (unpaired) electrons. The molecule has 2 amide bonds. The van der Waals surface area contributed by atoms with Gasteiger partial charge in [0.25, 0.3) is 11.8 Å². The number of carbonyl (C=O) groups excluding carboxylic acids is 3. The van der Waals surface area contributed by atoms with Crippen molar-refractivity contribution in [1.82, 2.24) is 4.90 Å². The van der Waals surface area contributed by atoms with Crippen LogP contribution in [0.25, 0.3) is 0 Å². The number of nitrogens with zero attached hydrogens (tertiary/aromatic N) is 1. The van der Waals surface area contributed by atoms with Gasteiger partial charge in [-0.1, -0.05) is 37.1 Å². The minimum atomic E-state index is -0.786. The molecule has 3 rings (SSSR count). The molecule has 2 aromatic carbocycles. The molecule has 0 fully saturated rings. The number of ketones is 1. The van der Waals surface area contributed by atoms with Crippen molar-refractivity contribution >= 4 is 29.2 Å². The van der Waals surface area contributed by atoms with Crippen LogP contribution in [0.2, 0.25) is 5.02 Å². The second-order valence-electron chi connectivity index (χ2n) is 6.05. The molecule has 2 aromatic rings. The van der Waals surface area contributed by atoms with E-state index in [1.165, 1.54) is 0 Å². The number of imide groups is 1. The highest BCUT2D eigenvalue weighted by Crippen LogP contribution is 2.27. The second-order valence-corrected chi connectivity index (χ2v) is 6.49. The number of hydrogen-bond donors (Lipinski definition) is 0. The van der Waals surface area contributed by atoms with Gasteiger partial charge in [-0.25, -0.2) is 0 Å². The lowest BCUT2D eigenvalue weighted by molar-refractivity contribution is -0.135. The van der Waals surface area contributed by atoms with Crippen LogP contribution < -0.4 is 4.74 Å². The fourth-order valence-electron chi connectivity index (χ4n) is 2.83. The highest BCUT2D eigenvalue weighted by molar-refractivity contribution is 6.30. The number of benzene rings is 2. The van der Waals surface area contributed by atoms with E-state index in [9.17, 15) is 14.4 Å². The predicted octanol–water partition coefficient (Wildman–Crippen LogP) is 3.75. The number of amides is 2. The van der Waals surface area contributed by atoms with Crippen LogP contribution in [0.4, 0.5) is 0 Å². The minimum absolute atomic E-state index is 0.281. The lowest BCUT2D eigenvalue weighted by Gasteiger charge is -2.21. The Balaban J connectivity index is 1.92. The first kappa shape index (κ1) is 18.1. The number of halogens is 1. The van der Waals surface area contributed by atoms with Gasteiger partial charge in [0.05, 0.1) is 12.1 Å². The number of Topliss-reactive ketones (excluding diaryl/α,β-unsaturated/α-hetero) is 1. The summed E-state index contributed by atoms with van der Waals surface area (Å²) < 4.78 is 5.77. The summed E-state index contributed by atoms with van der Waals surface area (Å²) in [4.78, 5) is 39.3. The third-order valence-electron chi connectivity index (χ3n) is 4.19. The van der Waals surface area contributed by atoms with Crippen LogP contribution in [0.5, 0.6) is 5.75 Å². The number of carbonyl (C=O) groups is 3. The molecule has 0 aromatic heterocycles. The average Bonchev–Trinajstić information content (AvgIpc) is 2.74. The van der Waals surface area contributed by atoms with Crippen LogP contribution in [0.1, 0.15) is 40.5 Å². The van der Waals surface area contributed by atoms with Crippen molar-refractivity contribution in [3.05, 3.63) is 64.7 Å². The van der Waals surface area contributed by atoms with Gasteiger partial charge in [-0.05, 0) is 42.8 Å². The zero-order valence-electron chi connectivity index (χ0n) is 14.3. The van der Waals surface area contributed by atoms with E-state index in [1.54, 1.807) is 48.5 Å². The molecule has 1 heterocycles. The van der Waals surface area contributed by atoms with Crippen molar-refractivity contribution in [2.24, 2.45) is 0 Å². The summed E-state index contributed by atoms with van der Waals surface area (Å²) in [6, 6.07) is 13.0. The van der Waals surface area contributed by atoms with Crippen LogP contribution in [-0.2, 0) is 4.79 Å². The van der Waals surface area contributed by atoms with Gasteiger partial charge in [0.2, 0.25) is 0 Å². The highest BCUT2D eigenvalue weighted by Gasteiger charge is 2.36. The molecule has 134 valence electrons. The lowest BCUT2D eigenvalue weighted by Crippen LogP contribution is -2.45. The zero-order chi connectivity index (χ0) is 18.7. The molecule has 1 unspecified atom stereocenters. The second kappa shape index (κ2) is 7.70. The van der Waals surface area contributed by atoms with E-state index in [2.05, 4.69) is 0 Å².